The average molecular weight is 339 g/mol. The number of para-hydroxylation sites is 1. The van der Waals surface area contributed by atoms with E-state index in [9.17, 15) is 9.90 Å². The Kier molecular flexibility index (Phi) is 4.65. The summed E-state index contributed by atoms with van der Waals surface area (Å²) in [6.45, 7) is 4.44. The second-order valence-corrected chi connectivity index (χ2v) is 5.85. The molecule has 0 aliphatic rings. The summed E-state index contributed by atoms with van der Waals surface area (Å²) in [6, 6.07) is 11.5. The van der Waals surface area contributed by atoms with E-state index in [0.717, 1.165) is 33.3 Å². The highest BCUT2D eigenvalue weighted by molar-refractivity contribution is 5.95. The first-order valence-corrected chi connectivity index (χ1v) is 8.18. The third kappa shape index (κ3) is 3.18. The fraction of sp³-hybridized carbons (Fsp3) is 0.250. The number of aliphatic carboxylic acids is 1. The largest absolute Gasteiger partial charge is 0.493 e. The van der Waals surface area contributed by atoms with Crippen molar-refractivity contribution in [2.24, 2.45) is 0 Å². The van der Waals surface area contributed by atoms with Gasteiger partial charge in [-0.15, -0.1) is 0 Å². The fourth-order valence-corrected chi connectivity index (χ4v) is 3.10. The van der Waals surface area contributed by atoms with Crippen LogP contribution >= 0.6 is 0 Å². The zero-order chi connectivity index (χ0) is 18.0. The molecule has 130 valence electrons. The highest BCUT2D eigenvalue weighted by atomic mass is 16.5. The van der Waals surface area contributed by atoms with Gasteiger partial charge < -0.3 is 19.6 Å². The zero-order valence-electron chi connectivity index (χ0n) is 14.6. The molecular weight excluding hydrogens is 318 g/mol. The summed E-state index contributed by atoms with van der Waals surface area (Å²) in [4.78, 5) is 14.8. The zero-order valence-corrected chi connectivity index (χ0v) is 14.6. The van der Waals surface area contributed by atoms with Crippen molar-refractivity contribution in [3.8, 4) is 22.8 Å². The van der Waals surface area contributed by atoms with Crippen LogP contribution in [-0.4, -0.2) is 29.8 Å². The number of aromatic nitrogens is 1. The van der Waals surface area contributed by atoms with Crippen molar-refractivity contribution in [1.29, 1.82) is 0 Å². The van der Waals surface area contributed by atoms with Crippen LogP contribution < -0.4 is 9.47 Å². The smallest absolute Gasteiger partial charge is 0.307 e. The lowest BCUT2D eigenvalue weighted by molar-refractivity contribution is -0.136. The van der Waals surface area contributed by atoms with E-state index in [0.29, 0.717) is 18.1 Å². The van der Waals surface area contributed by atoms with Crippen molar-refractivity contribution >= 4 is 16.9 Å². The lowest BCUT2D eigenvalue weighted by atomic mass is 10.0. The molecule has 1 aromatic heterocycles. The molecular formula is C20H21NO4. The number of aryl methyl sites for hydroxylation is 1. The molecule has 0 atom stereocenters. The Bertz CT molecular complexity index is 927. The molecule has 0 bridgehead atoms. The molecule has 3 aromatic rings. The summed E-state index contributed by atoms with van der Waals surface area (Å²) in [5.41, 5.74) is 4.49. The summed E-state index contributed by atoms with van der Waals surface area (Å²) >= 11 is 0. The minimum atomic E-state index is -0.859. The van der Waals surface area contributed by atoms with Crippen molar-refractivity contribution in [3.05, 3.63) is 47.5 Å². The van der Waals surface area contributed by atoms with Gasteiger partial charge in [-0.25, -0.2) is 0 Å². The molecule has 5 heteroatoms. The first-order chi connectivity index (χ1) is 12.0. The Balaban J connectivity index is 2.22. The number of hydrogen-bond acceptors (Lipinski definition) is 3. The Labute approximate surface area is 146 Å². The molecule has 25 heavy (non-hydrogen) atoms. The van der Waals surface area contributed by atoms with Crippen LogP contribution in [0.25, 0.3) is 22.2 Å². The topological polar surface area (TPSA) is 71.6 Å². The van der Waals surface area contributed by atoms with Gasteiger partial charge >= 0.3 is 5.97 Å². The van der Waals surface area contributed by atoms with Crippen LogP contribution in [0, 0.1) is 6.92 Å². The van der Waals surface area contributed by atoms with E-state index >= 15 is 0 Å². The second-order valence-electron chi connectivity index (χ2n) is 5.85. The van der Waals surface area contributed by atoms with Gasteiger partial charge in [0, 0.05) is 16.5 Å². The predicted molar refractivity (Wildman–Crippen MR) is 97.5 cm³/mol. The molecule has 0 amide bonds. The number of carboxylic acids is 1. The molecule has 0 unspecified atom stereocenters. The van der Waals surface area contributed by atoms with Crippen LogP contribution in [0.2, 0.25) is 0 Å². The third-order valence-corrected chi connectivity index (χ3v) is 4.23. The highest BCUT2D eigenvalue weighted by Crippen LogP contribution is 2.37. The van der Waals surface area contributed by atoms with E-state index in [-0.39, 0.29) is 6.42 Å². The molecule has 0 radical (unpaired) electrons. The van der Waals surface area contributed by atoms with Gasteiger partial charge in [0.15, 0.2) is 11.5 Å². The Morgan fingerprint density at radius 2 is 2.00 bits per heavy atom. The first-order valence-electron chi connectivity index (χ1n) is 8.18. The van der Waals surface area contributed by atoms with Gasteiger partial charge in [-0.2, -0.15) is 0 Å². The molecule has 0 saturated heterocycles. The normalized spacial score (nSPS) is 10.8. The summed E-state index contributed by atoms with van der Waals surface area (Å²) in [7, 11) is 1.60. The molecule has 0 spiro atoms. The Morgan fingerprint density at radius 1 is 1.20 bits per heavy atom. The minimum absolute atomic E-state index is 0.0468. The second kappa shape index (κ2) is 6.89. The summed E-state index contributed by atoms with van der Waals surface area (Å²) in [6.07, 6.45) is -0.0468. The molecule has 0 saturated carbocycles. The third-order valence-electron chi connectivity index (χ3n) is 4.23. The van der Waals surface area contributed by atoms with E-state index in [1.54, 1.807) is 7.11 Å². The van der Waals surface area contributed by atoms with Gasteiger partial charge in [-0.1, -0.05) is 18.2 Å². The number of hydrogen-bond donors (Lipinski definition) is 2. The van der Waals surface area contributed by atoms with E-state index in [2.05, 4.69) is 4.98 Å². The van der Waals surface area contributed by atoms with Crippen molar-refractivity contribution in [2.75, 3.05) is 13.7 Å². The van der Waals surface area contributed by atoms with Crippen LogP contribution in [0.1, 0.15) is 18.1 Å². The number of carbonyl (C=O) groups is 1. The maximum absolute atomic E-state index is 11.4. The lowest BCUT2D eigenvalue weighted by Gasteiger charge is -2.11. The number of carboxylic acid groups (broad SMARTS) is 1. The van der Waals surface area contributed by atoms with Gasteiger partial charge in [-0.3, -0.25) is 4.79 Å². The average Bonchev–Trinajstić information content (AvgIpc) is 2.95. The van der Waals surface area contributed by atoms with Crippen LogP contribution in [-0.2, 0) is 11.2 Å². The maximum Gasteiger partial charge on any atom is 0.307 e. The number of H-pyrrole nitrogens is 1. The number of rotatable bonds is 6. The maximum atomic E-state index is 11.4. The molecule has 0 aliphatic heterocycles. The van der Waals surface area contributed by atoms with Crippen molar-refractivity contribution < 1.29 is 19.4 Å². The van der Waals surface area contributed by atoms with Crippen LogP contribution in [0.3, 0.4) is 0 Å². The Hall–Kier alpha value is -2.95. The van der Waals surface area contributed by atoms with Gasteiger partial charge in [0.1, 0.15) is 0 Å². The Morgan fingerprint density at radius 3 is 2.68 bits per heavy atom. The van der Waals surface area contributed by atoms with E-state index in [1.165, 1.54) is 0 Å². The van der Waals surface area contributed by atoms with E-state index in [4.69, 9.17) is 9.47 Å². The number of aromatic amines is 1. The summed E-state index contributed by atoms with van der Waals surface area (Å²) in [5, 5.41) is 10.3. The number of nitrogens with one attached hydrogen (secondary N) is 1. The molecule has 1 heterocycles. The van der Waals surface area contributed by atoms with Gasteiger partial charge in [0.2, 0.25) is 0 Å². The van der Waals surface area contributed by atoms with E-state index in [1.807, 2.05) is 50.2 Å². The number of ether oxygens (including phenoxy) is 2. The number of methoxy groups -OCH3 is 1. The molecule has 5 nitrogen and oxygen atoms in total. The van der Waals surface area contributed by atoms with Crippen LogP contribution in [0.5, 0.6) is 11.5 Å². The number of fused-ring (bicyclic) bond motifs is 1. The standard InChI is InChI=1S/C20H21NO4/c1-4-25-17-10-13(8-9-16(17)24-3)20-15(11-18(22)23)14-7-5-6-12(2)19(14)21-20/h5-10,21H,4,11H2,1-3H3,(H,22,23). The van der Waals surface area contributed by atoms with Crippen LogP contribution in [0.4, 0.5) is 0 Å². The highest BCUT2D eigenvalue weighted by Gasteiger charge is 2.18. The molecule has 3 rings (SSSR count). The number of benzene rings is 2. The van der Waals surface area contributed by atoms with E-state index < -0.39 is 5.97 Å². The molecule has 2 N–H and O–H groups in total. The first kappa shape index (κ1) is 16.9. The monoisotopic (exact) mass is 339 g/mol. The predicted octanol–water partition coefficient (Wildman–Crippen LogP) is 4.18. The van der Waals surface area contributed by atoms with Gasteiger partial charge in [-0.05, 0) is 43.2 Å². The fourth-order valence-electron chi connectivity index (χ4n) is 3.10. The van der Waals surface area contributed by atoms with Gasteiger partial charge in [0.05, 0.1) is 25.8 Å². The molecule has 0 aliphatic carbocycles. The van der Waals surface area contributed by atoms with Crippen LogP contribution in [0.15, 0.2) is 36.4 Å². The molecule has 2 aromatic carbocycles. The molecule has 0 fully saturated rings. The minimum Gasteiger partial charge on any atom is -0.493 e. The van der Waals surface area contributed by atoms with Gasteiger partial charge in [0.25, 0.3) is 0 Å². The van der Waals surface area contributed by atoms with Crippen molar-refractivity contribution in [1.82, 2.24) is 4.98 Å². The summed E-state index contributed by atoms with van der Waals surface area (Å²) < 4.78 is 11.0. The van der Waals surface area contributed by atoms with Crippen molar-refractivity contribution in [3.63, 3.8) is 0 Å². The SMILES string of the molecule is CCOc1cc(-c2[nH]c3c(C)cccc3c2CC(=O)O)ccc1OC. The quantitative estimate of drug-likeness (QED) is 0.707. The summed E-state index contributed by atoms with van der Waals surface area (Å²) in [5.74, 6) is 0.430. The van der Waals surface area contributed by atoms with Crippen molar-refractivity contribution in [2.45, 2.75) is 20.3 Å². The lowest BCUT2D eigenvalue weighted by Crippen LogP contribution is -2.01.